The predicted molar refractivity (Wildman–Crippen MR) is 96.0 cm³/mol. The number of hydrogen-bond acceptors (Lipinski definition) is 4. The molecular weight excluding hydrogens is 363 g/mol. The number of thiophene rings is 1. The highest BCUT2D eigenvalue weighted by Crippen LogP contribution is 2.28. The molecular formula is C17H19FN2O3S2. The van der Waals surface area contributed by atoms with Crippen molar-refractivity contribution in [3.05, 3.63) is 45.9 Å². The van der Waals surface area contributed by atoms with Crippen molar-refractivity contribution >= 4 is 33.0 Å². The fraction of sp³-hybridized carbons (Fsp3) is 0.353. The summed E-state index contributed by atoms with van der Waals surface area (Å²) in [6, 6.07) is 5.83. The number of aryl methyl sites for hydroxylation is 1. The van der Waals surface area contributed by atoms with Gasteiger partial charge >= 0.3 is 0 Å². The topological polar surface area (TPSA) is 66.5 Å². The molecule has 1 N–H and O–H groups in total. The number of carbonyl (C=O) groups excluding carboxylic acids is 1. The Kier molecular flexibility index (Phi) is 5.21. The Balaban J connectivity index is 1.85. The summed E-state index contributed by atoms with van der Waals surface area (Å²) in [6.45, 7) is 2.58. The fourth-order valence-corrected chi connectivity index (χ4v) is 5.58. The molecule has 0 unspecified atom stereocenters. The maximum atomic E-state index is 13.6. The van der Waals surface area contributed by atoms with Crippen LogP contribution in [-0.2, 0) is 10.0 Å². The van der Waals surface area contributed by atoms with Gasteiger partial charge < -0.3 is 5.32 Å². The van der Waals surface area contributed by atoms with Crippen LogP contribution in [0.4, 0.5) is 10.1 Å². The fourth-order valence-electron chi connectivity index (χ4n) is 2.77. The van der Waals surface area contributed by atoms with Crippen LogP contribution in [0, 0.1) is 12.7 Å². The summed E-state index contributed by atoms with van der Waals surface area (Å²) in [5.41, 5.74) is 0.769. The van der Waals surface area contributed by atoms with Crippen LogP contribution in [0.1, 0.15) is 34.5 Å². The number of halogens is 1. The van der Waals surface area contributed by atoms with Crippen LogP contribution in [0.2, 0.25) is 0 Å². The van der Waals surface area contributed by atoms with Crippen LogP contribution in [0.5, 0.6) is 0 Å². The number of benzene rings is 1. The van der Waals surface area contributed by atoms with Gasteiger partial charge in [-0.25, -0.2) is 12.8 Å². The lowest BCUT2D eigenvalue weighted by Gasteiger charge is -2.25. The molecule has 1 saturated heterocycles. The van der Waals surface area contributed by atoms with Gasteiger partial charge in [0.25, 0.3) is 5.91 Å². The second-order valence-electron chi connectivity index (χ2n) is 6.00. The van der Waals surface area contributed by atoms with Crippen molar-refractivity contribution in [3.8, 4) is 0 Å². The zero-order valence-corrected chi connectivity index (χ0v) is 15.4. The van der Waals surface area contributed by atoms with Gasteiger partial charge in [-0.1, -0.05) is 12.5 Å². The smallest absolute Gasteiger partial charge is 0.267 e. The average molecular weight is 382 g/mol. The summed E-state index contributed by atoms with van der Waals surface area (Å²) >= 11 is 1.06. The molecule has 8 heteroatoms. The third-order valence-corrected chi connectivity index (χ3v) is 7.18. The lowest BCUT2D eigenvalue weighted by atomic mass is 10.2. The summed E-state index contributed by atoms with van der Waals surface area (Å²) in [5.74, 6) is -0.973. The first-order valence-corrected chi connectivity index (χ1v) is 10.4. The zero-order chi connectivity index (χ0) is 18.0. The van der Waals surface area contributed by atoms with Crippen LogP contribution < -0.4 is 5.32 Å². The highest BCUT2D eigenvalue weighted by Gasteiger charge is 2.31. The molecule has 0 saturated carbocycles. The third kappa shape index (κ3) is 3.75. The number of carbonyl (C=O) groups is 1. The predicted octanol–water partition coefficient (Wildman–Crippen LogP) is 3.62. The number of sulfonamides is 1. The van der Waals surface area contributed by atoms with E-state index in [1.165, 1.54) is 16.4 Å². The molecule has 1 fully saturated rings. The van der Waals surface area contributed by atoms with Gasteiger partial charge in [-0.2, -0.15) is 4.31 Å². The van der Waals surface area contributed by atoms with Gasteiger partial charge in [0.1, 0.15) is 15.6 Å². The Morgan fingerprint density at radius 2 is 1.92 bits per heavy atom. The van der Waals surface area contributed by atoms with Gasteiger partial charge in [-0.05, 0) is 48.9 Å². The second kappa shape index (κ2) is 7.23. The standard InChI is InChI=1S/C17H19FN2O3S2/c1-12-5-6-13(11-14(12)18)19-17(21)16-15(7-10-24-16)25(22,23)20-8-3-2-4-9-20/h5-7,10-11H,2-4,8-9H2,1H3,(H,19,21). The van der Waals surface area contributed by atoms with E-state index in [-0.39, 0.29) is 9.77 Å². The molecule has 0 aliphatic carbocycles. The summed E-state index contributed by atoms with van der Waals surface area (Å²) in [6.07, 6.45) is 2.67. The third-order valence-electron chi connectivity index (χ3n) is 4.20. The quantitative estimate of drug-likeness (QED) is 0.878. The van der Waals surface area contributed by atoms with Crippen LogP contribution in [0.25, 0.3) is 0 Å². The summed E-state index contributed by atoms with van der Waals surface area (Å²) < 4.78 is 40.7. The van der Waals surface area contributed by atoms with Crippen molar-refractivity contribution in [1.29, 1.82) is 0 Å². The molecule has 1 aliphatic rings. The first-order chi connectivity index (χ1) is 11.9. The van der Waals surface area contributed by atoms with Gasteiger partial charge in [0.2, 0.25) is 10.0 Å². The molecule has 2 aromatic rings. The number of nitrogens with one attached hydrogen (secondary N) is 1. The molecule has 0 atom stereocenters. The van der Waals surface area contributed by atoms with Gasteiger partial charge in [0, 0.05) is 18.8 Å². The van der Waals surface area contributed by atoms with Crippen molar-refractivity contribution in [2.75, 3.05) is 18.4 Å². The minimum Gasteiger partial charge on any atom is -0.321 e. The largest absolute Gasteiger partial charge is 0.321 e. The molecule has 5 nitrogen and oxygen atoms in total. The van der Waals surface area contributed by atoms with Crippen LogP contribution in [-0.4, -0.2) is 31.7 Å². The van der Waals surface area contributed by atoms with Crippen LogP contribution >= 0.6 is 11.3 Å². The van der Waals surface area contributed by atoms with Gasteiger partial charge in [-0.3, -0.25) is 4.79 Å². The number of nitrogens with zero attached hydrogens (tertiary/aromatic N) is 1. The number of anilines is 1. The molecule has 134 valence electrons. The van der Waals surface area contributed by atoms with E-state index in [1.54, 1.807) is 24.4 Å². The molecule has 1 aromatic carbocycles. The van der Waals surface area contributed by atoms with E-state index < -0.39 is 21.7 Å². The van der Waals surface area contributed by atoms with Crippen molar-refractivity contribution in [2.45, 2.75) is 31.1 Å². The number of rotatable bonds is 4. The minimum absolute atomic E-state index is 0.0180. The summed E-state index contributed by atoms with van der Waals surface area (Å²) in [7, 11) is -3.69. The Labute approximate surface area is 150 Å². The lowest BCUT2D eigenvalue weighted by Crippen LogP contribution is -2.36. The summed E-state index contributed by atoms with van der Waals surface area (Å²) in [4.78, 5) is 12.7. The Morgan fingerprint density at radius 1 is 1.20 bits per heavy atom. The van der Waals surface area contributed by atoms with Crippen LogP contribution in [0.15, 0.2) is 34.5 Å². The van der Waals surface area contributed by atoms with Crippen molar-refractivity contribution < 1.29 is 17.6 Å². The SMILES string of the molecule is Cc1ccc(NC(=O)c2sccc2S(=O)(=O)N2CCCCC2)cc1F. The van der Waals surface area contributed by atoms with E-state index in [1.807, 2.05) is 0 Å². The number of amides is 1. The van der Waals surface area contributed by atoms with E-state index >= 15 is 0 Å². The molecule has 0 radical (unpaired) electrons. The van der Waals surface area contributed by atoms with Gasteiger partial charge in [0.15, 0.2) is 0 Å². The minimum atomic E-state index is -3.69. The molecule has 0 spiro atoms. The molecule has 1 amide bonds. The number of piperidine rings is 1. The average Bonchev–Trinajstić information content (AvgIpc) is 3.10. The molecule has 1 aliphatic heterocycles. The van der Waals surface area contributed by atoms with E-state index in [9.17, 15) is 17.6 Å². The van der Waals surface area contributed by atoms with E-state index in [2.05, 4.69) is 5.32 Å². The van der Waals surface area contributed by atoms with E-state index in [0.717, 1.165) is 30.6 Å². The Bertz CT molecular complexity index is 887. The lowest BCUT2D eigenvalue weighted by molar-refractivity contribution is 0.102. The second-order valence-corrected chi connectivity index (χ2v) is 8.82. The maximum Gasteiger partial charge on any atom is 0.267 e. The Morgan fingerprint density at radius 3 is 2.60 bits per heavy atom. The van der Waals surface area contributed by atoms with Crippen molar-refractivity contribution in [2.24, 2.45) is 0 Å². The van der Waals surface area contributed by atoms with Gasteiger partial charge in [-0.15, -0.1) is 11.3 Å². The highest BCUT2D eigenvalue weighted by atomic mass is 32.2. The molecule has 25 heavy (non-hydrogen) atoms. The molecule has 1 aromatic heterocycles. The number of hydrogen-bond donors (Lipinski definition) is 1. The first kappa shape index (κ1) is 18.0. The van der Waals surface area contributed by atoms with Crippen LogP contribution in [0.3, 0.4) is 0 Å². The highest BCUT2D eigenvalue weighted by molar-refractivity contribution is 7.89. The monoisotopic (exact) mass is 382 g/mol. The van der Waals surface area contributed by atoms with Gasteiger partial charge in [0.05, 0.1) is 0 Å². The van der Waals surface area contributed by atoms with E-state index in [4.69, 9.17) is 0 Å². The van der Waals surface area contributed by atoms with E-state index in [0.29, 0.717) is 24.3 Å². The maximum absolute atomic E-state index is 13.6. The normalized spacial score (nSPS) is 15.9. The Hall–Kier alpha value is -1.77. The van der Waals surface area contributed by atoms with Crippen molar-refractivity contribution in [1.82, 2.24) is 4.31 Å². The van der Waals surface area contributed by atoms with Crippen molar-refractivity contribution in [3.63, 3.8) is 0 Å². The molecule has 0 bridgehead atoms. The first-order valence-electron chi connectivity index (χ1n) is 8.05. The molecule has 2 heterocycles. The molecule has 3 rings (SSSR count). The summed E-state index contributed by atoms with van der Waals surface area (Å²) in [5, 5.41) is 4.16. The zero-order valence-electron chi connectivity index (χ0n) is 13.8.